The van der Waals surface area contributed by atoms with E-state index in [-0.39, 0.29) is 17.3 Å². The third kappa shape index (κ3) is 3.00. The van der Waals surface area contributed by atoms with Crippen molar-refractivity contribution in [2.45, 2.75) is 38.8 Å². The second kappa shape index (κ2) is 6.26. The van der Waals surface area contributed by atoms with Crippen LogP contribution in [0.3, 0.4) is 0 Å². The quantitative estimate of drug-likeness (QED) is 0.923. The van der Waals surface area contributed by atoms with Crippen LogP contribution in [0, 0.1) is 5.92 Å². The van der Waals surface area contributed by atoms with Crippen molar-refractivity contribution >= 4 is 11.4 Å². The molecular formula is C16H18F3N5. The van der Waals surface area contributed by atoms with Crippen molar-refractivity contribution < 1.29 is 13.2 Å². The van der Waals surface area contributed by atoms with E-state index in [1.54, 1.807) is 6.07 Å². The number of halogens is 3. The Balaban J connectivity index is 2.11. The predicted molar refractivity (Wildman–Crippen MR) is 84.2 cm³/mol. The Bertz CT molecular complexity index is 749. The Morgan fingerprint density at radius 2 is 2.00 bits per heavy atom. The average Bonchev–Trinajstić information content (AvgIpc) is 2.93. The minimum atomic E-state index is -4.59. The van der Waals surface area contributed by atoms with Crippen LogP contribution in [0.15, 0.2) is 24.5 Å². The molecule has 2 aromatic rings. The molecule has 0 bridgehead atoms. The first kappa shape index (κ1) is 16.5. The van der Waals surface area contributed by atoms with Crippen molar-refractivity contribution in [3.8, 4) is 5.95 Å². The van der Waals surface area contributed by atoms with Gasteiger partial charge in [0.2, 0.25) is 0 Å². The summed E-state index contributed by atoms with van der Waals surface area (Å²) in [6.07, 6.45) is 3.32. The van der Waals surface area contributed by atoms with Crippen LogP contribution >= 0.6 is 0 Å². The van der Waals surface area contributed by atoms with Crippen LogP contribution < -0.4 is 5.73 Å². The number of nitrogens with zero attached hydrogens (tertiary/aromatic N) is 4. The zero-order valence-electron chi connectivity index (χ0n) is 13.2. The van der Waals surface area contributed by atoms with E-state index in [0.29, 0.717) is 17.9 Å². The molecule has 0 saturated heterocycles. The van der Waals surface area contributed by atoms with E-state index in [2.05, 4.69) is 22.0 Å². The van der Waals surface area contributed by atoms with Crippen LogP contribution in [0.4, 0.5) is 19.0 Å². The first-order valence-electron chi connectivity index (χ1n) is 7.84. The van der Waals surface area contributed by atoms with Gasteiger partial charge in [-0.05, 0) is 36.8 Å². The lowest BCUT2D eigenvalue weighted by Gasteiger charge is -2.21. The van der Waals surface area contributed by atoms with E-state index < -0.39 is 11.9 Å². The number of hydrogen-bond acceptors (Lipinski definition) is 4. The van der Waals surface area contributed by atoms with E-state index in [1.165, 1.54) is 12.4 Å². The Morgan fingerprint density at radius 1 is 1.29 bits per heavy atom. The Morgan fingerprint density at radius 3 is 2.54 bits per heavy atom. The number of anilines is 1. The Hall–Kier alpha value is -2.38. The number of aromatic nitrogens is 4. The minimum absolute atomic E-state index is 0.0228. The predicted octanol–water partition coefficient (Wildman–Crippen LogP) is 3.86. The van der Waals surface area contributed by atoms with Gasteiger partial charge in [0.1, 0.15) is 5.82 Å². The van der Waals surface area contributed by atoms with Crippen molar-refractivity contribution in [2.24, 2.45) is 5.92 Å². The van der Waals surface area contributed by atoms with Gasteiger partial charge in [-0.1, -0.05) is 19.4 Å². The molecule has 24 heavy (non-hydrogen) atoms. The molecule has 0 fully saturated rings. The molecule has 5 nitrogen and oxygen atoms in total. The molecule has 2 aromatic heterocycles. The number of alkyl halides is 3. The summed E-state index contributed by atoms with van der Waals surface area (Å²) in [7, 11) is 0. The fourth-order valence-corrected chi connectivity index (χ4v) is 2.99. The van der Waals surface area contributed by atoms with E-state index in [4.69, 9.17) is 5.73 Å². The highest BCUT2D eigenvalue weighted by Gasteiger charge is 2.40. The van der Waals surface area contributed by atoms with Crippen molar-refractivity contribution in [3.05, 3.63) is 35.8 Å². The number of hydrogen-bond donors (Lipinski definition) is 1. The summed E-state index contributed by atoms with van der Waals surface area (Å²) in [5.41, 5.74) is 5.60. The minimum Gasteiger partial charge on any atom is -0.383 e. The molecule has 2 heterocycles. The van der Waals surface area contributed by atoms with Crippen LogP contribution in [0.2, 0.25) is 0 Å². The molecular weight excluding hydrogens is 319 g/mol. The topological polar surface area (TPSA) is 69.6 Å². The maximum Gasteiger partial charge on any atom is 0.435 e. The first-order chi connectivity index (χ1) is 11.4. The van der Waals surface area contributed by atoms with Gasteiger partial charge in [0, 0.05) is 12.4 Å². The molecule has 0 spiro atoms. The lowest BCUT2D eigenvalue weighted by molar-refractivity contribution is -0.141. The van der Waals surface area contributed by atoms with Crippen LogP contribution in [0.5, 0.6) is 0 Å². The van der Waals surface area contributed by atoms with Gasteiger partial charge in [0.15, 0.2) is 5.69 Å². The third-order valence-corrected chi connectivity index (χ3v) is 4.35. The molecule has 128 valence electrons. The summed E-state index contributed by atoms with van der Waals surface area (Å²) < 4.78 is 41.3. The highest BCUT2D eigenvalue weighted by molar-refractivity contribution is 5.76. The molecule has 1 unspecified atom stereocenters. The Labute approximate surface area is 137 Å². The largest absolute Gasteiger partial charge is 0.435 e. The van der Waals surface area contributed by atoms with Crippen molar-refractivity contribution in [2.75, 3.05) is 5.73 Å². The van der Waals surface area contributed by atoms with Gasteiger partial charge in [-0.2, -0.15) is 23.0 Å². The summed E-state index contributed by atoms with van der Waals surface area (Å²) in [5, 5.41) is 3.67. The molecule has 2 N–H and O–H groups in total. The van der Waals surface area contributed by atoms with Crippen molar-refractivity contribution in [1.29, 1.82) is 0 Å². The number of rotatable bonds is 3. The summed E-state index contributed by atoms with van der Waals surface area (Å²) in [6.45, 7) is 2.09. The van der Waals surface area contributed by atoms with Gasteiger partial charge < -0.3 is 5.73 Å². The SMILES string of the molecule is CCC1CC=C(c2c(C(F)(F)F)nn(-c3ncccn3)c2N)CC1. The highest BCUT2D eigenvalue weighted by Crippen LogP contribution is 2.41. The lowest BCUT2D eigenvalue weighted by Crippen LogP contribution is -2.11. The smallest absolute Gasteiger partial charge is 0.383 e. The second-order valence-electron chi connectivity index (χ2n) is 5.85. The summed E-state index contributed by atoms with van der Waals surface area (Å²) in [5.74, 6) is 0.459. The molecule has 8 heteroatoms. The van der Waals surface area contributed by atoms with Gasteiger partial charge in [-0.15, -0.1) is 0 Å². The summed E-state index contributed by atoms with van der Waals surface area (Å²) in [6, 6.07) is 1.57. The normalized spacial score (nSPS) is 18.5. The fraction of sp³-hybridized carbons (Fsp3) is 0.438. The van der Waals surface area contributed by atoms with Crippen molar-refractivity contribution in [1.82, 2.24) is 19.7 Å². The zero-order valence-corrected chi connectivity index (χ0v) is 13.2. The highest BCUT2D eigenvalue weighted by atomic mass is 19.4. The van der Waals surface area contributed by atoms with E-state index >= 15 is 0 Å². The molecule has 1 aliphatic carbocycles. The van der Waals surface area contributed by atoms with E-state index in [0.717, 1.165) is 23.9 Å². The fourth-order valence-electron chi connectivity index (χ4n) is 2.99. The summed E-state index contributed by atoms with van der Waals surface area (Å²) >= 11 is 0. The Kier molecular flexibility index (Phi) is 4.29. The van der Waals surface area contributed by atoms with Crippen LogP contribution in [-0.4, -0.2) is 19.7 Å². The second-order valence-corrected chi connectivity index (χ2v) is 5.85. The lowest BCUT2D eigenvalue weighted by atomic mass is 9.85. The standard InChI is InChI=1S/C16H18F3N5/c1-2-10-4-6-11(7-5-10)12-13(16(17,18)19)23-24(14(12)20)15-21-8-3-9-22-15/h3,6,8-10H,2,4-5,7,20H2,1H3. The zero-order chi connectivity index (χ0) is 17.3. The molecule has 0 saturated carbocycles. The molecule has 0 aliphatic heterocycles. The molecule has 3 rings (SSSR count). The third-order valence-electron chi connectivity index (χ3n) is 4.35. The van der Waals surface area contributed by atoms with Gasteiger partial charge >= 0.3 is 6.18 Å². The van der Waals surface area contributed by atoms with Crippen molar-refractivity contribution in [3.63, 3.8) is 0 Å². The van der Waals surface area contributed by atoms with E-state index in [9.17, 15) is 13.2 Å². The van der Waals surface area contributed by atoms with Gasteiger partial charge in [0.05, 0.1) is 5.56 Å². The number of nitrogens with two attached hydrogens (primary N) is 1. The van der Waals surface area contributed by atoms with E-state index in [1.807, 2.05) is 6.08 Å². The average molecular weight is 337 g/mol. The first-order valence-corrected chi connectivity index (χ1v) is 7.84. The molecule has 0 radical (unpaired) electrons. The summed E-state index contributed by atoms with van der Waals surface area (Å²) in [4.78, 5) is 7.88. The van der Waals surface area contributed by atoms with Crippen LogP contribution in [-0.2, 0) is 6.18 Å². The number of nitrogen functional groups attached to an aromatic ring is 1. The molecule has 1 aliphatic rings. The monoisotopic (exact) mass is 337 g/mol. The maximum absolute atomic E-state index is 13.5. The molecule has 0 aromatic carbocycles. The van der Waals surface area contributed by atoms with Crippen LogP contribution in [0.1, 0.15) is 43.9 Å². The van der Waals surface area contributed by atoms with Gasteiger partial charge in [-0.25, -0.2) is 9.97 Å². The van der Waals surface area contributed by atoms with Gasteiger partial charge in [-0.3, -0.25) is 0 Å². The molecule has 0 amide bonds. The maximum atomic E-state index is 13.5. The van der Waals surface area contributed by atoms with Gasteiger partial charge in [0.25, 0.3) is 5.95 Å². The van der Waals surface area contributed by atoms with Crippen LogP contribution in [0.25, 0.3) is 11.5 Å². The number of allylic oxidation sites excluding steroid dienone is 2. The molecule has 1 atom stereocenters.